The number of hydrogen-bond donors (Lipinski definition) is 2. The van der Waals surface area contributed by atoms with Crippen molar-refractivity contribution in [3.63, 3.8) is 0 Å². The van der Waals surface area contributed by atoms with Gasteiger partial charge in [-0.15, -0.1) is 0 Å². The van der Waals surface area contributed by atoms with E-state index in [0.29, 0.717) is 29.4 Å². The van der Waals surface area contributed by atoms with Crippen molar-refractivity contribution >= 4 is 33.7 Å². The van der Waals surface area contributed by atoms with Gasteiger partial charge in [0.05, 0.1) is 37.6 Å². The first-order valence-corrected chi connectivity index (χ1v) is 13.4. The molecule has 0 fully saturated rings. The molecule has 3 N–H and O–H groups in total. The van der Waals surface area contributed by atoms with E-state index in [4.69, 9.17) is 24.7 Å². The number of nitrogens with one attached hydrogen (secondary N) is 1. The molecule has 0 heterocycles. The molecule has 0 saturated heterocycles. The average molecular weight is 571 g/mol. The second kappa shape index (κ2) is 13.8. The van der Waals surface area contributed by atoms with Gasteiger partial charge in [-0.1, -0.05) is 0 Å². The molecule has 0 saturated carbocycles. The van der Waals surface area contributed by atoms with Gasteiger partial charge in [0.25, 0.3) is 21.8 Å². The van der Waals surface area contributed by atoms with Crippen molar-refractivity contribution in [3.05, 3.63) is 72.3 Å². The van der Waals surface area contributed by atoms with Crippen LogP contribution >= 0.6 is 0 Å². The van der Waals surface area contributed by atoms with Gasteiger partial charge in [0, 0.05) is 6.07 Å². The number of amides is 2. The van der Waals surface area contributed by atoms with Crippen LogP contribution in [0.15, 0.2) is 76.7 Å². The Morgan fingerprint density at radius 1 is 0.925 bits per heavy atom. The lowest BCUT2D eigenvalue weighted by Crippen LogP contribution is -2.39. The second-order valence-corrected chi connectivity index (χ2v) is 9.93. The summed E-state index contributed by atoms with van der Waals surface area (Å²) in [5.74, 6) is 0.279. The molecule has 12 nitrogen and oxygen atoms in total. The van der Waals surface area contributed by atoms with Crippen LogP contribution < -0.4 is 34.4 Å². The Hall–Kier alpha value is -4.78. The molecule has 0 spiro atoms. The van der Waals surface area contributed by atoms with Gasteiger partial charge < -0.3 is 24.7 Å². The van der Waals surface area contributed by atoms with E-state index in [0.717, 1.165) is 4.31 Å². The number of benzene rings is 3. The van der Waals surface area contributed by atoms with Crippen molar-refractivity contribution in [2.75, 3.05) is 38.3 Å². The second-order valence-electron chi connectivity index (χ2n) is 8.07. The molecule has 0 bridgehead atoms. The van der Waals surface area contributed by atoms with E-state index in [1.54, 1.807) is 48.5 Å². The number of carbonyl (C=O) groups is 2. The van der Waals surface area contributed by atoms with Gasteiger partial charge in [-0.3, -0.25) is 13.9 Å². The van der Waals surface area contributed by atoms with Crippen LogP contribution in [-0.4, -0.2) is 60.4 Å². The largest absolute Gasteiger partial charge is 0.494 e. The number of sulfonamides is 1. The Morgan fingerprint density at radius 2 is 1.55 bits per heavy atom. The molecule has 212 valence electrons. The fourth-order valence-electron chi connectivity index (χ4n) is 3.44. The fourth-order valence-corrected chi connectivity index (χ4v) is 4.88. The minimum absolute atomic E-state index is 0.103. The molecule has 13 heteroatoms. The van der Waals surface area contributed by atoms with Crippen molar-refractivity contribution in [2.24, 2.45) is 10.8 Å². The fraction of sp³-hybridized carbons (Fsp3) is 0.222. The molecule has 3 aromatic rings. The van der Waals surface area contributed by atoms with E-state index >= 15 is 0 Å². The van der Waals surface area contributed by atoms with Crippen LogP contribution in [-0.2, 0) is 19.6 Å². The summed E-state index contributed by atoms with van der Waals surface area (Å²) in [5.41, 5.74) is 8.26. The predicted molar refractivity (Wildman–Crippen MR) is 149 cm³/mol. The van der Waals surface area contributed by atoms with Gasteiger partial charge in [-0.25, -0.2) is 13.8 Å². The highest BCUT2D eigenvalue weighted by Crippen LogP contribution is 2.32. The number of nitrogens with zero attached hydrogens (tertiary/aromatic N) is 2. The van der Waals surface area contributed by atoms with E-state index in [-0.39, 0.29) is 22.9 Å². The molecule has 0 aliphatic heterocycles. The van der Waals surface area contributed by atoms with Crippen LogP contribution in [0, 0.1) is 0 Å². The van der Waals surface area contributed by atoms with E-state index in [1.807, 2.05) is 6.92 Å². The van der Waals surface area contributed by atoms with Crippen molar-refractivity contribution in [1.29, 1.82) is 0 Å². The topological polar surface area (TPSA) is 159 Å². The van der Waals surface area contributed by atoms with E-state index < -0.39 is 28.4 Å². The first-order chi connectivity index (χ1) is 19.2. The molecule has 40 heavy (non-hydrogen) atoms. The highest BCUT2D eigenvalue weighted by atomic mass is 32.2. The normalized spacial score (nSPS) is 11.1. The SMILES string of the molecule is CCOc1ccc(N(CC(=O)N/N=C\c2ccc(OCC(N)=O)cc2)S(=O)(=O)c2ccc(OC)c(OC)c2)cc1. The smallest absolute Gasteiger partial charge is 0.264 e. The number of hydrazone groups is 1. The number of primary amides is 1. The van der Waals surface area contributed by atoms with Gasteiger partial charge in [0.2, 0.25) is 0 Å². The molecule has 3 aromatic carbocycles. The molecular formula is C27H30N4O8S. The van der Waals surface area contributed by atoms with Crippen LogP contribution in [0.5, 0.6) is 23.0 Å². The summed E-state index contributed by atoms with van der Waals surface area (Å²) in [6, 6.07) is 17.0. The summed E-state index contributed by atoms with van der Waals surface area (Å²) in [6.45, 7) is 1.46. The van der Waals surface area contributed by atoms with Gasteiger partial charge in [-0.05, 0) is 73.2 Å². The van der Waals surface area contributed by atoms with Crippen molar-refractivity contribution in [3.8, 4) is 23.0 Å². The standard InChI is InChI=1S/C27H30N4O8S/c1-4-38-21-11-7-20(8-12-21)31(40(34,35)23-13-14-24(36-2)25(15-23)37-3)17-27(33)30-29-16-19-5-9-22(10-6-19)39-18-26(28)32/h5-16H,4,17-18H2,1-3H3,(H2,28,32)(H,30,33)/b29-16-. The zero-order chi connectivity index (χ0) is 29.1. The van der Waals surface area contributed by atoms with Crippen LogP contribution in [0.25, 0.3) is 0 Å². The summed E-state index contributed by atoms with van der Waals surface area (Å²) in [6.07, 6.45) is 1.37. The van der Waals surface area contributed by atoms with Crippen molar-refractivity contribution in [2.45, 2.75) is 11.8 Å². The minimum Gasteiger partial charge on any atom is -0.494 e. The summed E-state index contributed by atoms with van der Waals surface area (Å²) in [4.78, 5) is 23.6. The monoisotopic (exact) mass is 570 g/mol. The molecule has 0 aliphatic carbocycles. The molecular weight excluding hydrogens is 540 g/mol. The number of ether oxygens (including phenoxy) is 4. The maximum absolute atomic E-state index is 13.7. The quantitative estimate of drug-likeness (QED) is 0.221. The first-order valence-electron chi connectivity index (χ1n) is 12.0. The summed E-state index contributed by atoms with van der Waals surface area (Å²) in [7, 11) is -1.39. The summed E-state index contributed by atoms with van der Waals surface area (Å²) in [5, 5.41) is 3.92. The summed E-state index contributed by atoms with van der Waals surface area (Å²) >= 11 is 0. The Labute approximate surface area is 232 Å². The van der Waals surface area contributed by atoms with Gasteiger partial charge in [0.1, 0.15) is 18.0 Å². The van der Waals surface area contributed by atoms with Crippen LogP contribution in [0.1, 0.15) is 12.5 Å². The number of rotatable bonds is 14. The van der Waals surface area contributed by atoms with Gasteiger partial charge in [0.15, 0.2) is 18.1 Å². The molecule has 0 radical (unpaired) electrons. The van der Waals surface area contributed by atoms with Gasteiger partial charge in [-0.2, -0.15) is 5.10 Å². The maximum Gasteiger partial charge on any atom is 0.264 e. The molecule has 0 aliphatic rings. The number of hydrogen-bond acceptors (Lipinski definition) is 9. The van der Waals surface area contributed by atoms with Crippen molar-refractivity contribution in [1.82, 2.24) is 5.43 Å². The van der Waals surface area contributed by atoms with Crippen LogP contribution in [0.4, 0.5) is 5.69 Å². The van der Waals surface area contributed by atoms with E-state index in [2.05, 4.69) is 10.5 Å². The molecule has 2 amide bonds. The third-order valence-electron chi connectivity index (χ3n) is 5.33. The lowest BCUT2D eigenvalue weighted by molar-refractivity contribution is -0.120. The molecule has 0 aromatic heterocycles. The average Bonchev–Trinajstić information content (AvgIpc) is 2.95. The van der Waals surface area contributed by atoms with Gasteiger partial charge >= 0.3 is 0 Å². The first kappa shape index (κ1) is 29.8. The molecule has 0 atom stereocenters. The minimum atomic E-state index is -4.23. The Bertz CT molecular complexity index is 1440. The van der Waals surface area contributed by atoms with Crippen LogP contribution in [0.3, 0.4) is 0 Å². The number of carbonyl (C=O) groups excluding carboxylic acids is 2. The third kappa shape index (κ3) is 7.86. The Morgan fingerprint density at radius 3 is 2.15 bits per heavy atom. The lowest BCUT2D eigenvalue weighted by Gasteiger charge is -2.24. The lowest BCUT2D eigenvalue weighted by atomic mass is 10.2. The number of anilines is 1. The van der Waals surface area contributed by atoms with E-state index in [1.165, 1.54) is 38.6 Å². The zero-order valence-electron chi connectivity index (χ0n) is 22.2. The predicted octanol–water partition coefficient (Wildman–Crippen LogP) is 2.31. The van der Waals surface area contributed by atoms with Crippen LogP contribution in [0.2, 0.25) is 0 Å². The van der Waals surface area contributed by atoms with Crippen molar-refractivity contribution < 1.29 is 37.0 Å². The zero-order valence-corrected chi connectivity index (χ0v) is 23.0. The maximum atomic E-state index is 13.7. The van der Waals surface area contributed by atoms with E-state index in [9.17, 15) is 18.0 Å². The highest BCUT2D eigenvalue weighted by Gasteiger charge is 2.28. The highest BCUT2D eigenvalue weighted by molar-refractivity contribution is 7.92. The Balaban J connectivity index is 1.81. The third-order valence-corrected chi connectivity index (χ3v) is 7.10. The Kier molecular flexibility index (Phi) is 10.3. The number of methoxy groups -OCH3 is 2. The summed E-state index contributed by atoms with van der Waals surface area (Å²) < 4.78 is 49.5. The molecule has 0 unspecified atom stereocenters. The number of nitrogens with two attached hydrogens (primary N) is 1. The molecule has 3 rings (SSSR count).